The van der Waals surface area contributed by atoms with Crippen LogP contribution in [0.3, 0.4) is 0 Å². The van der Waals surface area contributed by atoms with Crippen LogP contribution < -0.4 is 10.6 Å². The third-order valence-electron chi connectivity index (χ3n) is 2.97. The van der Waals surface area contributed by atoms with Crippen molar-refractivity contribution in [1.29, 1.82) is 0 Å². The number of pyridine rings is 2. The Morgan fingerprint density at radius 1 is 1.27 bits per heavy atom. The van der Waals surface area contributed by atoms with Gasteiger partial charge in [-0.3, -0.25) is 4.98 Å². The molecule has 0 fully saturated rings. The highest BCUT2D eigenvalue weighted by Crippen LogP contribution is 2.27. The maximum Gasteiger partial charge on any atom is 0.179 e. The fraction of sp³-hybridized carbons (Fsp3) is 0.375. The topological polar surface area (TPSA) is 49.8 Å². The summed E-state index contributed by atoms with van der Waals surface area (Å²) in [4.78, 5) is 8.28. The minimum atomic E-state index is -0.386. The smallest absolute Gasteiger partial charge is 0.179 e. The molecule has 2 rings (SSSR count). The van der Waals surface area contributed by atoms with Crippen LogP contribution >= 0.6 is 15.9 Å². The van der Waals surface area contributed by atoms with Crippen molar-refractivity contribution in [2.75, 3.05) is 18.4 Å². The lowest BCUT2D eigenvalue weighted by molar-refractivity contribution is 0.435. The largest absolute Gasteiger partial charge is 0.381 e. The van der Waals surface area contributed by atoms with Crippen molar-refractivity contribution in [2.45, 2.75) is 26.3 Å². The van der Waals surface area contributed by atoms with Crippen LogP contribution in [0.5, 0.6) is 0 Å². The van der Waals surface area contributed by atoms with Crippen LogP contribution in [0.15, 0.2) is 35.2 Å². The Balaban J connectivity index is 2.12. The molecule has 2 aromatic heterocycles. The zero-order chi connectivity index (χ0) is 16.2. The second-order valence-corrected chi connectivity index (χ2v) is 6.76. The molecule has 6 heteroatoms. The molecule has 0 radical (unpaired) electrons. The van der Waals surface area contributed by atoms with E-state index in [0.29, 0.717) is 17.9 Å². The van der Waals surface area contributed by atoms with Crippen LogP contribution in [-0.2, 0) is 0 Å². The van der Waals surface area contributed by atoms with E-state index in [1.165, 1.54) is 0 Å². The summed E-state index contributed by atoms with van der Waals surface area (Å²) in [7, 11) is 0. The molecule has 0 unspecified atom stereocenters. The number of halogens is 2. The van der Waals surface area contributed by atoms with Crippen molar-refractivity contribution in [2.24, 2.45) is 0 Å². The molecular formula is C16H20BrFN4. The van der Waals surface area contributed by atoms with Gasteiger partial charge in [-0.05, 0) is 54.9 Å². The minimum absolute atomic E-state index is 0.0416. The first-order chi connectivity index (χ1) is 10.4. The van der Waals surface area contributed by atoms with Crippen molar-refractivity contribution in [3.8, 4) is 11.3 Å². The number of nitrogens with one attached hydrogen (secondary N) is 2. The average molecular weight is 367 g/mol. The van der Waals surface area contributed by atoms with Crippen molar-refractivity contribution in [3.63, 3.8) is 0 Å². The number of rotatable bonds is 5. The molecule has 4 nitrogen and oxygen atoms in total. The zero-order valence-electron chi connectivity index (χ0n) is 13.0. The lowest BCUT2D eigenvalue weighted by Gasteiger charge is -2.21. The highest BCUT2D eigenvalue weighted by molar-refractivity contribution is 9.10. The standard InChI is InChI=1S/C16H20BrFN4/c1-16(2,3)21-8-7-20-13-9-12(22-15(17)14(13)18)11-5-4-6-19-10-11/h4-6,9-10,21H,7-8H2,1-3H3,(H,20,22). The van der Waals surface area contributed by atoms with Gasteiger partial charge >= 0.3 is 0 Å². The van der Waals surface area contributed by atoms with Crippen molar-refractivity contribution in [3.05, 3.63) is 41.0 Å². The molecule has 0 aliphatic heterocycles. The molecular weight excluding hydrogens is 347 g/mol. The lowest BCUT2D eigenvalue weighted by atomic mass is 10.1. The van der Waals surface area contributed by atoms with Crippen LogP contribution in [0.2, 0.25) is 0 Å². The van der Waals surface area contributed by atoms with Crippen LogP contribution in [-0.4, -0.2) is 28.6 Å². The Morgan fingerprint density at radius 2 is 2.05 bits per heavy atom. The monoisotopic (exact) mass is 366 g/mol. The highest BCUT2D eigenvalue weighted by atomic mass is 79.9. The zero-order valence-corrected chi connectivity index (χ0v) is 14.5. The van der Waals surface area contributed by atoms with Crippen LogP contribution in [0.1, 0.15) is 20.8 Å². The Labute approximate surface area is 138 Å². The van der Waals surface area contributed by atoms with Crippen molar-refractivity contribution in [1.82, 2.24) is 15.3 Å². The van der Waals surface area contributed by atoms with E-state index in [1.807, 2.05) is 12.1 Å². The molecule has 0 bridgehead atoms. The first-order valence-corrected chi connectivity index (χ1v) is 7.91. The summed E-state index contributed by atoms with van der Waals surface area (Å²) in [6.45, 7) is 7.65. The summed E-state index contributed by atoms with van der Waals surface area (Å²) in [5, 5.41) is 6.46. The van der Waals surface area contributed by atoms with Crippen LogP contribution in [0.4, 0.5) is 10.1 Å². The Hall–Kier alpha value is -1.53. The van der Waals surface area contributed by atoms with Gasteiger partial charge in [0.2, 0.25) is 0 Å². The molecule has 0 saturated heterocycles. The molecule has 2 N–H and O–H groups in total. The quantitative estimate of drug-likeness (QED) is 0.623. The van der Waals surface area contributed by atoms with Gasteiger partial charge < -0.3 is 10.6 Å². The first-order valence-electron chi connectivity index (χ1n) is 7.12. The molecule has 0 aromatic carbocycles. The molecule has 0 amide bonds. The predicted molar refractivity (Wildman–Crippen MR) is 91.4 cm³/mol. The van der Waals surface area contributed by atoms with Gasteiger partial charge in [-0.2, -0.15) is 0 Å². The molecule has 0 aliphatic rings. The molecule has 2 heterocycles. The van der Waals surface area contributed by atoms with E-state index in [1.54, 1.807) is 18.5 Å². The van der Waals surface area contributed by atoms with E-state index in [4.69, 9.17) is 0 Å². The van der Waals surface area contributed by atoms with Crippen LogP contribution in [0, 0.1) is 5.82 Å². The van der Waals surface area contributed by atoms with E-state index in [0.717, 1.165) is 12.1 Å². The number of hydrogen-bond acceptors (Lipinski definition) is 4. The number of aromatic nitrogens is 2. The molecule has 118 valence electrons. The normalized spacial score (nSPS) is 11.5. The molecule has 0 aliphatic carbocycles. The highest BCUT2D eigenvalue weighted by Gasteiger charge is 2.12. The lowest BCUT2D eigenvalue weighted by Crippen LogP contribution is -2.38. The van der Waals surface area contributed by atoms with E-state index in [2.05, 4.69) is 57.3 Å². The van der Waals surface area contributed by atoms with Gasteiger partial charge in [-0.1, -0.05) is 0 Å². The van der Waals surface area contributed by atoms with Gasteiger partial charge in [-0.25, -0.2) is 9.37 Å². The Morgan fingerprint density at radius 3 is 2.68 bits per heavy atom. The first kappa shape index (κ1) is 16.8. The second-order valence-electron chi connectivity index (χ2n) is 6.01. The summed E-state index contributed by atoms with van der Waals surface area (Å²) >= 11 is 3.17. The summed E-state index contributed by atoms with van der Waals surface area (Å²) in [5.41, 5.74) is 1.99. The molecule has 22 heavy (non-hydrogen) atoms. The van der Waals surface area contributed by atoms with Gasteiger partial charge in [0.05, 0.1) is 11.4 Å². The number of anilines is 1. The molecule has 2 aromatic rings. The van der Waals surface area contributed by atoms with Gasteiger partial charge in [0, 0.05) is 36.6 Å². The van der Waals surface area contributed by atoms with Gasteiger partial charge in [0.1, 0.15) is 4.60 Å². The average Bonchev–Trinajstić information content (AvgIpc) is 2.47. The van der Waals surface area contributed by atoms with Crippen LogP contribution in [0.25, 0.3) is 11.3 Å². The minimum Gasteiger partial charge on any atom is -0.381 e. The predicted octanol–water partition coefficient (Wildman–Crippen LogP) is 3.85. The summed E-state index contributed by atoms with van der Waals surface area (Å²) in [6, 6.07) is 5.42. The maximum absolute atomic E-state index is 14.2. The number of nitrogens with zero attached hydrogens (tertiary/aromatic N) is 2. The van der Waals surface area contributed by atoms with E-state index in [-0.39, 0.29) is 16.0 Å². The van der Waals surface area contributed by atoms with Gasteiger partial charge in [0.15, 0.2) is 5.82 Å². The van der Waals surface area contributed by atoms with Gasteiger partial charge in [-0.15, -0.1) is 0 Å². The van der Waals surface area contributed by atoms with Crippen molar-refractivity contribution < 1.29 is 4.39 Å². The van der Waals surface area contributed by atoms with Crippen molar-refractivity contribution >= 4 is 21.6 Å². The van der Waals surface area contributed by atoms with E-state index in [9.17, 15) is 4.39 Å². The Bertz CT molecular complexity index is 626. The third-order valence-corrected chi connectivity index (χ3v) is 3.50. The van der Waals surface area contributed by atoms with Gasteiger partial charge in [0.25, 0.3) is 0 Å². The summed E-state index contributed by atoms with van der Waals surface area (Å²) in [5.74, 6) is -0.386. The third kappa shape index (κ3) is 4.74. The summed E-state index contributed by atoms with van der Waals surface area (Å²) in [6.07, 6.45) is 3.40. The van der Waals surface area contributed by atoms with E-state index < -0.39 is 0 Å². The molecule has 0 saturated carbocycles. The molecule has 0 atom stereocenters. The fourth-order valence-electron chi connectivity index (χ4n) is 1.92. The SMILES string of the molecule is CC(C)(C)NCCNc1cc(-c2cccnc2)nc(Br)c1F. The fourth-order valence-corrected chi connectivity index (χ4v) is 2.33. The molecule has 0 spiro atoms. The number of hydrogen-bond donors (Lipinski definition) is 2. The Kier molecular flexibility index (Phi) is 5.47. The maximum atomic E-state index is 14.2. The summed E-state index contributed by atoms with van der Waals surface area (Å²) < 4.78 is 14.3. The van der Waals surface area contributed by atoms with E-state index >= 15 is 0 Å². The second kappa shape index (κ2) is 7.15.